The standard InChI is InChI=1S/C13H18BrNO/c1-4-9(2)7-13(16)15-12-6-10(3)5-11(14)8-12/h5-6,8-9H,4,7H2,1-3H3,(H,15,16). The lowest BCUT2D eigenvalue weighted by atomic mass is 10.0. The molecule has 0 saturated carbocycles. The highest BCUT2D eigenvalue weighted by atomic mass is 79.9. The van der Waals surface area contributed by atoms with E-state index in [1.54, 1.807) is 0 Å². The van der Waals surface area contributed by atoms with Crippen LogP contribution in [0.5, 0.6) is 0 Å². The molecule has 0 radical (unpaired) electrons. The monoisotopic (exact) mass is 283 g/mol. The Kier molecular flexibility index (Phi) is 5.00. The van der Waals surface area contributed by atoms with Crippen LogP contribution in [0, 0.1) is 12.8 Å². The number of nitrogens with one attached hydrogen (secondary N) is 1. The summed E-state index contributed by atoms with van der Waals surface area (Å²) in [6, 6.07) is 5.91. The zero-order chi connectivity index (χ0) is 12.1. The molecule has 1 N–H and O–H groups in total. The van der Waals surface area contributed by atoms with Crippen molar-refractivity contribution in [2.45, 2.75) is 33.6 Å². The number of anilines is 1. The normalized spacial score (nSPS) is 12.2. The van der Waals surface area contributed by atoms with Crippen LogP contribution in [-0.4, -0.2) is 5.91 Å². The molecule has 1 rings (SSSR count). The van der Waals surface area contributed by atoms with Gasteiger partial charge in [-0.25, -0.2) is 0 Å². The zero-order valence-electron chi connectivity index (χ0n) is 10.0. The van der Waals surface area contributed by atoms with Crippen molar-refractivity contribution in [3.05, 3.63) is 28.2 Å². The largest absolute Gasteiger partial charge is 0.326 e. The van der Waals surface area contributed by atoms with E-state index in [-0.39, 0.29) is 5.91 Å². The Labute approximate surface area is 106 Å². The summed E-state index contributed by atoms with van der Waals surface area (Å²) >= 11 is 3.42. The smallest absolute Gasteiger partial charge is 0.224 e. The van der Waals surface area contributed by atoms with Crippen LogP contribution in [-0.2, 0) is 4.79 Å². The second kappa shape index (κ2) is 6.04. The van der Waals surface area contributed by atoms with Crippen LogP contribution in [0.3, 0.4) is 0 Å². The Morgan fingerprint density at radius 2 is 2.12 bits per heavy atom. The molecule has 1 unspecified atom stereocenters. The number of benzene rings is 1. The molecular formula is C13H18BrNO. The lowest BCUT2D eigenvalue weighted by Gasteiger charge is -2.10. The first-order valence-corrected chi connectivity index (χ1v) is 6.37. The zero-order valence-corrected chi connectivity index (χ0v) is 11.6. The van der Waals surface area contributed by atoms with Crippen LogP contribution in [0.4, 0.5) is 5.69 Å². The van der Waals surface area contributed by atoms with Crippen molar-refractivity contribution in [2.24, 2.45) is 5.92 Å². The molecule has 0 aromatic heterocycles. The van der Waals surface area contributed by atoms with Gasteiger partial charge in [-0.15, -0.1) is 0 Å². The molecule has 0 saturated heterocycles. The summed E-state index contributed by atoms with van der Waals surface area (Å²) in [5.74, 6) is 0.528. The number of amides is 1. The average molecular weight is 284 g/mol. The molecule has 0 fully saturated rings. The van der Waals surface area contributed by atoms with Crippen LogP contribution in [0.1, 0.15) is 32.3 Å². The van der Waals surface area contributed by atoms with E-state index in [1.807, 2.05) is 25.1 Å². The molecule has 0 bridgehead atoms. The third kappa shape index (κ3) is 4.35. The Balaban J connectivity index is 2.62. The topological polar surface area (TPSA) is 29.1 Å². The van der Waals surface area contributed by atoms with E-state index >= 15 is 0 Å². The van der Waals surface area contributed by atoms with Gasteiger partial charge in [0.05, 0.1) is 0 Å². The van der Waals surface area contributed by atoms with Crippen LogP contribution >= 0.6 is 15.9 Å². The second-order valence-electron chi connectivity index (χ2n) is 4.28. The molecule has 0 aliphatic rings. The first kappa shape index (κ1) is 13.2. The summed E-state index contributed by atoms with van der Waals surface area (Å²) in [4.78, 5) is 11.7. The van der Waals surface area contributed by atoms with Crippen molar-refractivity contribution < 1.29 is 4.79 Å². The van der Waals surface area contributed by atoms with Crippen LogP contribution < -0.4 is 5.32 Å². The first-order chi connectivity index (χ1) is 7.51. The van der Waals surface area contributed by atoms with Gasteiger partial charge in [-0.1, -0.05) is 36.2 Å². The molecule has 0 heterocycles. The lowest BCUT2D eigenvalue weighted by molar-refractivity contribution is -0.117. The van der Waals surface area contributed by atoms with E-state index in [0.717, 1.165) is 22.1 Å². The van der Waals surface area contributed by atoms with Crippen LogP contribution in [0.15, 0.2) is 22.7 Å². The maximum atomic E-state index is 11.7. The second-order valence-corrected chi connectivity index (χ2v) is 5.20. The highest BCUT2D eigenvalue weighted by molar-refractivity contribution is 9.10. The minimum absolute atomic E-state index is 0.0897. The van der Waals surface area contributed by atoms with Gasteiger partial charge in [0.25, 0.3) is 0 Å². The maximum Gasteiger partial charge on any atom is 0.224 e. The van der Waals surface area contributed by atoms with Crippen molar-refractivity contribution >= 4 is 27.5 Å². The molecule has 0 spiro atoms. The summed E-state index contributed by atoms with van der Waals surface area (Å²) in [6.45, 7) is 6.20. The minimum atomic E-state index is 0.0897. The van der Waals surface area contributed by atoms with Gasteiger partial charge in [0.15, 0.2) is 0 Å². The predicted molar refractivity (Wildman–Crippen MR) is 71.6 cm³/mol. The number of carbonyl (C=O) groups excluding carboxylic acids is 1. The summed E-state index contributed by atoms with van der Waals surface area (Å²) in [7, 11) is 0. The molecule has 1 aromatic rings. The van der Waals surface area contributed by atoms with Gasteiger partial charge >= 0.3 is 0 Å². The maximum absolute atomic E-state index is 11.7. The summed E-state index contributed by atoms with van der Waals surface area (Å²) < 4.78 is 0.992. The molecule has 3 heteroatoms. The molecular weight excluding hydrogens is 266 g/mol. The summed E-state index contributed by atoms with van der Waals surface area (Å²) in [5, 5.41) is 2.92. The Morgan fingerprint density at radius 3 is 2.69 bits per heavy atom. The predicted octanol–water partition coefficient (Wildman–Crippen LogP) is 4.13. The first-order valence-electron chi connectivity index (χ1n) is 5.58. The van der Waals surface area contributed by atoms with Crippen molar-refractivity contribution in [3.63, 3.8) is 0 Å². The Bertz CT molecular complexity index is 356. The van der Waals surface area contributed by atoms with E-state index in [9.17, 15) is 4.79 Å². The fourth-order valence-electron chi connectivity index (χ4n) is 1.48. The Morgan fingerprint density at radius 1 is 1.44 bits per heavy atom. The average Bonchev–Trinajstić information content (AvgIpc) is 2.15. The number of rotatable bonds is 4. The van der Waals surface area contributed by atoms with Crippen LogP contribution in [0.25, 0.3) is 0 Å². The quantitative estimate of drug-likeness (QED) is 0.884. The fourth-order valence-corrected chi connectivity index (χ4v) is 2.09. The van der Waals surface area contributed by atoms with E-state index in [0.29, 0.717) is 12.3 Å². The number of halogens is 1. The van der Waals surface area contributed by atoms with Gasteiger partial charge in [0, 0.05) is 16.6 Å². The molecule has 2 nitrogen and oxygen atoms in total. The van der Waals surface area contributed by atoms with E-state index in [4.69, 9.17) is 0 Å². The van der Waals surface area contributed by atoms with Gasteiger partial charge < -0.3 is 5.32 Å². The van der Waals surface area contributed by atoms with Crippen LogP contribution in [0.2, 0.25) is 0 Å². The summed E-state index contributed by atoms with van der Waals surface area (Å²) in [5.41, 5.74) is 1.99. The molecule has 1 atom stereocenters. The van der Waals surface area contributed by atoms with Crippen molar-refractivity contribution in [3.8, 4) is 0 Å². The molecule has 0 aliphatic heterocycles. The number of aryl methyl sites for hydroxylation is 1. The third-order valence-corrected chi connectivity index (χ3v) is 3.01. The molecule has 1 aromatic carbocycles. The number of hydrogen-bond donors (Lipinski definition) is 1. The molecule has 0 aliphatic carbocycles. The molecule has 16 heavy (non-hydrogen) atoms. The van der Waals surface area contributed by atoms with Gasteiger partial charge in [-0.05, 0) is 36.6 Å². The van der Waals surface area contributed by atoms with E-state index in [2.05, 4.69) is 35.1 Å². The van der Waals surface area contributed by atoms with Crippen molar-refractivity contribution in [2.75, 3.05) is 5.32 Å². The number of hydrogen-bond acceptors (Lipinski definition) is 1. The van der Waals surface area contributed by atoms with Crippen molar-refractivity contribution in [1.29, 1.82) is 0 Å². The van der Waals surface area contributed by atoms with Gasteiger partial charge in [-0.2, -0.15) is 0 Å². The summed E-state index contributed by atoms with van der Waals surface area (Å²) in [6.07, 6.45) is 1.62. The highest BCUT2D eigenvalue weighted by Gasteiger charge is 2.07. The van der Waals surface area contributed by atoms with E-state index in [1.165, 1.54) is 0 Å². The number of carbonyl (C=O) groups is 1. The van der Waals surface area contributed by atoms with Gasteiger partial charge in [-0.3, -0.25) is 4.79 Å². The lowest BCUT2D eigenvalue weighted by Crippen LogP contribution is -2.14. The van der Waals surface area contributed by atoms with Gasteiger partial charge in [0.1, 0.15) is 0 Å². The van der Waals surface area contributed by atoms with E-state index < -0.39 is 0 Å². The Hall–Kier alpha value is -0.830. The highest BCUT2D eigenvalue weighted by Crippen LogP contribution is 2.19. The fraction of sp³-hybridized carbons (Fsp3) is 0.462. The minimum Gasteiger partial charge on any atom is -0.326 e. The SMILES string of the molecule is CCC(C)CC(=O)Nc1cc(C)cc(Br)c1. The van der Waals surface area contributed by atoms with Gasteiger partial charge in [0.2, 0.25) is 5.91 Å². The van der Waals surface area contributed by atoms with Crippen molar-refractivity contribution in [1.82, 2.24) is 0 Å². The molecule has 88 valence electrons. The third-order valence-electron chi connectivity index (χ3n) is 2.56. The molecule has 1 amide bonds.